The Morgan fingerprint density at radius 1 is 1.44 bits per heavy atom. The van der Waals surface area contributed by atoms with Crippen LogP contribution in [0.25, 0.3) is 0 Å². The fourth-order valence-electron chi connectivity index (χ4n) is 1.51. The van der Waals surface area contributed by atoms with Gasteiger partial charge in [-0.1, -0.05) is 11.8 Å². The summed E-state index contributed by atoms with van der Waals surface area (Å²) in [7, 11) is 0. The minimum atomic E-state index is 0.521. The Hall–Kier alpha value is -0.910. The molecule has 0 spiro atoms. The summed E-state index contributed by atoms with van der Waals surface area (Å²) >= 11 is 3.30. The molecule has 16 heavy (non-hydrogen) atoms. The van der Waals surface area contributed by atoms with Crippen LogP contribution in [0.4, 0.5) is 0 Å². The van der Waals surface area contributed by atoms with Crippen LogP contribution in [0, 0.1) is 13.8 Å². The van der Waals surface area contributed by atoms with Gasteiger partial charge < -0.3 is 5.73 Å². The number of thiazole rings is 1. The molecule has 5 heteroatoms. The molecule has 84 valence electrons. The summed E-state index contributed by atoms with van der Waals surface area (Å²) in [6.07, 6.45) is 1.82. The Kier molecular flexibility index (Phi) is 3.58. The van der Waals surface area contributed by atoms with Crippen molar-refractivity contribution >= 4 is 23.1 Å². The number of aryl methyl sites for hydroxylation is 2. The Balaban J connectivity index is 2.39. The molecule has 2 aromatic rings. The lowest BCUT2D eigenvalue weighted by atomic mass is 10.2. The van der Waals surface area contributed by atoms with Crippen LogP contribution in [0.1, 0.15) is 17.0 Å². The lowest BCUT2D eigenvalue weighted by molar-refractivity contribution is 0.944. The molecular formula is C11H13N3S2. The van der Waals surface area contributed by atoms with E-state index >= 15 is 0 Å². The second-order valence-corrected chi connectivity index (χ2v) is 5.61. The van der Waals surface area contributed by atoms with E-state index in [1.807, 2.05) is 25.4 Å². The maximum Gasteiger partial charge on any atom is 0.154 e. The highest BCUT2D eigenvalue weighted by molar-refractivity contribution is 8.01. The van der Waals surface area contributed by atoms with Crippen LogP contribution in [0.15, 0.2) is 26.9 Å². The monoisotopic (exact) mass is 251 g/mol. The first-order valence-electron chi connectivity index (χ1n) is 4.95. The predicted molar refractivity (Wildman–Crippen MR) is 67.8 cm³/mol. The van der Waals surface area contributed by atoms with Crippen LogP contribution in [0.5, 0.6) is 0 Å². The first kappa shape index (κ1) is 11.6. The summed E-state index contributed by atoms with van der Waals surface area (Å²) in [5.74, 6) is 0. The fourth-order valence-corrected chi connectivity index (χ4v) is 3.39. The smallest absolute Gasteiger partial charge is 0.154 e. The molecular weight excluding hydrogens is 238 g/mol. The van der Waals surface area contributed by atoms with E-state index in [1.165, 1.54) is 4.90 Å². The number of rotatable bonds is 3. The fraction of sp³-hybridized carbons (Fsp3) is 0.273. The van der Waals surface area contributed by atoms with Gasteiger partial charge in [0.15, 0.2) is 4.34 Å². The number of hydrogen-bond acceptors (Lipinski definition) is 5. The largest absolute Gasteiger partial charge is 0.326 e. The number of hydrogen-bond donors (Lipinski definition) is 1. The highest BCUT2D eigenvalue weighted by Crippen LogP contribution is 2.32. The van der Waals surface area contributed by atoms with Crippen molar-refractivity contribution in [3.8, 4) is 0 Å². The van der Waals surface area contributed by atoms with Gasteiger partial charge in [-0.3, -0.25) is 4.98 Å². The lowest BCUT2D eigenvalue weighted by Gasteiger charge is -2.09. The van der Waals surface area contributed by atoms with Crippen LogP contribution in [0.2, 0.25) is 0 Å². The Morgan fingerprint density at radius 2 is 2.25 bits per heavy atom. The zero-order valence-electron chi connectivity index (χ0n) is 9.23. The third-order valence-electron chi connectivity index (χ3n) is 2.23. The maximum atomic E-state index is 5.76. The van der Waals surface area contributed by atoms with E-state index in [1.54, 1.807) is 23.1 Å². The van der Waals surface area contributed by atoms with E-state index in [0.29, 0.717) is 6.54 Å². The molecule has 0 atom stereocenters. The molecule has 2 N–H and O–H groups in total. The standard InChI is InChI=1S/C11H13N3S2/c1-7-5-10(9(6-12)8(2)14-7)16-11-13-3-4-15-11/h3-5H,6,12H2,1-2H3. The highest BCUT2D eigenvalue weighted by Gasteiger charge is 2.09. The van der Waals surface area contributed by atoms with Crippen LogP contribution in [-0.2, 0) is 6.54 Å². The van der Waals surface area contributed by atoms with Crippen molar-refractivity contribution in [3.05, 3.63) is 34.6 Å². The number of pyridine rings is 1. The van der Waals surface area contributed by atoms with Crippen molar-refractivity contribution < 1.29 is 0 Å². The molecule has 0 aliphatic rings. The molecule has 2 rings (SSSR count). The van der Waals surface area contributed by atoms with E-state index in [2.05, 4.69) is 16.0 Å². The minimum Gasteiger partial charge on any atom is -0.326 e. The van der Waals surface area contributed by atoms with E-state index in [-0.39, 0.29) is 0 Å². The Bertz CT molecular complexity index is 480. The zero-order valence-corrected chi connectivity index (χ0v) is 10.9. The van der Waals surface area contributed by atoms with E-state index in [9.17, 15) is 0 Å². The van der Waals surface area contributed by atoms with Crippen molar-refractivity contribution in [3.63, 3.8) is 0 Å². The molecule has 0 amide bonds. The van der Waals surface area contributed by atoms with Crippen molar-refractivity contribution in [2.45, 2.75) is 29.6 Å². The molecule has 0 aliphatic carbocycles. The van der Waals surface area contributed by atoms with Crippen LogP contribution < -0.4 is 5.73 Å². The third kappa shape index (κ3) is 2.42. The van der Waals surface area contributed by atoms with Gasteiger partial charge in [0.25, 0.3) is 0 Å². The SMILES string of the molecule is Cc1cc(Sc2nccs2)c(CN)c(C)n1. The van der Waals surface area contributed by atoms with Crippen LogP contribution in [-0.4, -0.2) is 9.97 Å². The van der Waals surface area contributed by atoms with Crippen molar-refractivity contribution in [1.82, 2.24) is 9.97 Å². The molecule has 0 fully saturated rings. The molecule has 0 aromatic carbocycles. The van der Waals surface area contributed by atoms with Gasteiger partial charge in [-0.2, -0.15) is 0 Å². The van der Waals surface area contributed by atoms with Crippen molar-refractivity contribution in [1.29, 1.82) is 0 Å². The summed E-state index contributed by atoms with van der Waals surface area (Å²) < 4.78 is 1.04. The number of aromatic nitrogens is 2. The van der Waals surface area contributed by atoms with Gasteiger partial charge in [0.1, 0.15) is 0 Å². The van der Waals surface area contributed by atoms with E-state index < -0.39 is 0 Å². The second kappa shape index (κ2) is 4.95. The average Bonchev–Trinajstić information content (AvgIpc) is 2.70. The quantitative estimate of drug-likeness (QED) is 0.911. The summed E-state index contributed by atoms with van der Waals surface area (Å²) in [5, 5.41) is 1.98. The Morgan fingerprint density at radius 3 is 2.88 bits per heavy atom. The normalized spacial score (nSPS) is 10.7. The maximum absolute atomic E-state index is 5.76. The van der Waals surface area contributed by atoms with E-state index in [0.717, 1.165) is 21.3 Å². The van der Waals surface area contributed by atoms with Gasteiger partial charge >= 0.3 is 0 Å². The van der Waals surface area contributed by atoms with Gasteiger partial charge in [0.05, 0.1) is 0 Å². The number of nitrogens with zero attached hydrogens (tertiary/aromatic N) is 2. The first-order chi connectivity index (χ1) is 7.70. The molecule has 0 aliphatic heterocycles. The molecule has 2 heterocycles. The minimum absolute atomic E-state index is 0.521. The summed E-state index contributed by atoms with van der Waals surface area (Å²) in [5.41, 5.74) is 8.91. The third-order valence-corrected chi connectivity index (χ3v) is 4.20. The van der Waals surface area contributed by atoms with Gasteiger partial charge in [0.2, 0.25) is 0 Å². The van der Waals surface area contributed by atoms with Gasteiger partial charge in [-0.05, 0) is 19.9 Å². The van der Waals surface area contributed by atoms with Gasteiger partial charge in [-0.25, -0.2) is 4.98 Å². The van der Waals surface area contributed by atoms with Crippen molar-refractivity contribution in [2.75, 3.05) is 0 Å². The molecule has 3 nitrogen and oxygen atoms in total. The van der Waals surface area contributed by atoms with Crippen molar-refractivity contribution in [2.24, 2.45) is 5.73 Å². The molecule has 0 bridgehead atoms. The van der Waals surface area contributed by atoms with Gasteiger partial charge in [0, 0.05) is 40.0 Å². The second-order valence-electron chi connectivity index (χ2n) is 3.43. The highest BCUT2D eigenvalue weighted by atomic mass is 32.2. The molecule has 0 saturated carbocycles. The first-order valence-corrected chi connectivity index (χ1v) is 6.65. The lowest BCUT2D eigenvalue weighted by Crippen LogP contribution is -2.04. The summed E-state index contributed by atoms with van der Waals surface area (Å²) in [6, 6.07) is 2.07. The summed E-state index contributed by atoms with van der Waals surface area (Å²) in [4.78, 5) is 9.86. The topological polar surface area (TPSA) is 51.8 Å². The predicted octanol–water partition coefficient (Wildman–Crippen LogP) is 2.76. The Labute approximate surface area is 103 Å². The molecule has 0 saturated heterocycles. The number of nitrogens with two attached hydrogens (primary N) is 1. The zero-order chi connectivity index (χ0) is 11.5. The summed E-state index contributed by atoms with van der Waals surface area (Å²) in [6.45, 7) is 4.52. The average molecular weight is 251 g/mol. The van der Waals surface area contributed by atoms with Gasteiger partial charge in [-0.15, -0.1) is 11.3 Å². The molecule has 0 unspecified atom stereocenters. The molecule has 2 aromatic heterocycles. The molecule has 0 radical (unpaired) electrons. The van der Waals surface area contributed by atoms with Crippen LogP contribution in [0.3, 0.4) is 0 Å². The van der Waals surface area contributed by atoms with Crippen LogP contribution >= 0.6 is 23.1 Å². The van der Waals surface area contributed by atoms with E-state index in [4.69, 9.17) is 5.73 Å².